The molecule has 0 saturated heterocycles. The third-order valence-electron chi connectivity index (χ3n) is 4.94. The second-order valence-corrected chi connectivity index (χ2v) is 9.32. The van der Waals surface area contributed by atoms with Crippen molar-refractivity contribution in [1.29, 1.82) is 0 Å². The fraction of sp³-hybridized carbons (Fsp3) is 0.348. The molecule has 1 aromatic rings. The summed E-state index contributed by atoms with van der Waals surface area (Å²) in [5.41, 5.74) is 1.67. The SMILES string of the molecule is CCCS(=O)(=O)O/N=C(/c1cc(=C2C=CC(C)=CC2)oc1=C1C=CC(C)=CC1)C(F)(F)F. The number of furan rings is 1. The smallest absolute Gasteiger partial charge is 0.437 e. The Morgan fingerprint density at radius 3 is 2.16 bits per heavy atom. The fourth-order valence-electron chi connectivity index (χ4n) is 3.23. The highest BCUT2D eigenvalue weighted by Crippen LogP contribution is 2.24. The molecule has 0 atom stereocenters. The monoisotopic (exact) mass is 467 g/mol. The highest BCUT2D eigenvalue weighted by atomic mass is 32.2. The zero-order valence-corrected chi connectivity index (χ0v) is 18.8. The maximum absolute atomic E-state index is 14.0. The summed E-state index contributed by atoms with van der Waals surface area (Å²) >= 11 is 0. The van der Waals surface area contributed by atoms with Crippen molar-refractivity contribution in [2.24, 2.45) is 5.16 Å². The second-order valence-electron chi connectivity index (χ2n) is 7.65. The molecule has 0 aromatic carbocycles. The average Bonchev–Trinajstić information content (AvgIpc) is 3.13. The third-order valence-corrected chi connectivity index (χ3v) is 6.15. The summed E-state index contributed by atoms with van der Waals surface area (Å²) in [6, 6.07) is 1.25. The van der Waals surface area contributed by atoms with Gasteiger partial charge in [0.2, 0.25) is 0 Å². The van der Waals surface area contributed by atoms with Gasteiger partial charge in [-0.1, -0.05) is 59.7 Å². The van der Waals surface area contributed by atoms with E-state index in [9.17, 15) is 21.6 Å². The molecule has 0 fully saturated rings. The van der Waals surface area contributed by atoms with Crippen LogP contribution in [0.1, 0.15) is 45.6 Å². The molecule has 0 spiro atoms. The highest BCUT2D eigenvalue weighted by Gasteiger charge is 2.40. The molecule has 172 valence electrons. The van der Waals surface area contributed by atoms with Gasteiger partial charge in [-0.25, -0.2) is 0 Å². The summed E-state index contributed by atoms with van der Waals surface area (Å²) in [5, 5.41) is 3.05. The van der Waals surface area contributed by atoms with Crippen LogP contribution in [-0.2, 0) is 14.4 Å². The molecule has 2 aliphatic carbocycles. The Morgan fingerprint density at radius 2 is 1.66 bits per heavy atom. The standard InChI is InChI=1S/C23H24F3NO4S/c1-4-13-32(28,29)31-27-22(23(24,25)26)19-14-20(17-9-5-15(2)6-10-17)30-21(19)18-11-7-16(3)8-12-18/h5-9,11,14H,4,10,12-13H2,1-3H3/b20-17?,21-18?,27-22-. The highest BCUT2D eigenvalue weighted by molar-refractivity contribution is 7.86. The van der Waals surface area contributed by atoms with Gasteiger partial charge in [-0.15, -0.1) is 0 Å². The van der Waals surface area contributed by atoms with Crippen LogP contribution < -0.4 is 10.8 Å². The third kappa shape index (κ3) is 5.70. The van der Waals surface area contributed by atoms with Crippen LogP contribution in [0.3, 0.4) is 0 Å². The normalized spacial score (nSPS) is 20.9. The number of alkyl halides is 3. The van der Waals surface area contributed by atoms with Crippen LogP contribution >= 0.6 is 0 Å². The van der Waals surface area contributed by atoms with Gasteiger partial charge < -0.3 is 4.42 Å². The van der Waals surface area contributed by atoms with Crippen molar-refractivity contribution in [3.8, 4) is 0 Å². The molecule has 0 radical (unpaired) electrons. The summed E-state index contributed by atoms with van der Waals surface area (Å²) in [6.07, 6.45) is 7.00. The molecule has 0 bridgehead atoms. The maximum atomic E-state index is 14.0. The minimum absolute atomic E-state index is 0.0141. The van der Waals surface area contributed by atoms with Gasteiger partial charge in [0.15, 0.2) is 5.71 Å². The first-order valence-corrected chi connectivity index (χ1v) is 11.7. The molecule has 1 heterocycles. The summed E-state index contributed by atoms with van der Waals surface area (Å²) in [7, 11) is -4.23. The zero-order chi connectivity index (χ0) is 23.5. The quantitative estimate of drug-likeness (QED) is 0.475. The first kappa shape index (κ1) is 23.8. The molecule has 1 aromatic heterocycles. The van der Waals surface area contributed by atoms with E-state index >= 15 is 0 Å². The second kappa shape index (κ2) is 9.36. The predicted octanol–water partition coefficient (Wildman–Crippen LogP) is 4.42. The van der Waals surface area contributed by atoms with Crippen molar-refractivity contribution in [2.75, 3.05) is 5.75 Å². The van der Waals surface area contributed by atoms with Crippen LogP contribution in [0.2, 0.25) is 0 Å². The Kier molecular flexibility index (Phi) is 6.97. The van der Waals surface area contributed by atoms with Crippen LogP contribution in [0.25, 0.3) is 11.1 Å². The van der Waals surface area contributed by atoms with E-state index in [4.69, 9.17) is 4.42 Å². The van der Waals surface area contributed by atoms with E-state index in [1.807, 2.05) is 32.1 Å². The number of hydrogen-bond donors (Lipinski definition) is 0. The molecule has 0 saturated carbocycles. The van der Waals surface area contributed by atoms with Crippen LogP contribution in [0.5, 0.6) is 0 Å². The van der Waals surface area contributed by atoms with E-state index in [2.05, 4.69) is 9.44 Å². The van der Waals surface area contributed by atoms with Crippen LogP contribution in [0, 0.1) is 0 Å². The lowest BCUT2D eigenvalue weighted by Gasteiger charge is -2.10. The number of nitrogens with zero attached hydrogens (tertiary/aromatic N) is 1. The summed E-state index contributed by atoms with van der Waals surface area (Å²) in [5.74, 6) is -0.441. The van der Waals surface area contributed by atoms with Gasteiger partial charge in [0.1, 0.15) is 10.8 Å². The van der Waals surface area contributed by atoms with Gasteiger partial charge in [0.05, 0.1) is 11.3 Å². The fourth-order valence-corrected chi connectivity index (χ4v) is 3.99. The molecule has 0 amide bonds. The van der Waals surface area contributed by atoms with Crippen molar-refractivity contribution in [2.45, 2.75) is 46.2 Å². The van der Waals surface area contributed by atoms with E-state index < -0.39 is 27.8 Å². The van der Waals surface area contributed by atoms with Gasteiger partial charge in [-0.3, -0.25) is 4.28 Å². The number of halogens is 3. The largest absolute Gasteiger partial charge is 0.456 e. The van der Waals surface area contributed by atoms with Crippen molar-refractivity contribution in [1.82, 2.24) is 0 Å². The van der Waals surface area contributed by atoms with E-state index in [1.165, 1.54) is 6.07 Å². The average molecular weight is 468 g/mol. The minimum atomic E-state index is -4.97. The van der Waals surface area contributed by atoms with E-state index in [-0.39, 0.29) is 22.8 Å². The van der Waals surface area contributed by atoms with Gasteiger partial charge >= 0.3 is 16.3 Å². The van der Waals surface area contributed by atoms with Crippen molar-refractivity contribution >= 4 is 27.0 Å². The molecule has 0 N–H and O–H groups in total. The lowest BCUT2D eigenvalue weighted by Crippen LogP contribution is -2.29. The van der Waals surface area contributed by atoms with Crippen molar-refractivity contribution in [3.05, 3.63) is 70.1 Å². The van der Waals surface area contributed by atoms with Crippen LogP contribution in [-0.4, -0.2) is 26.1 Å². The number of allylic oxidation sites excluding steroid dienone is 8. The Morgan fingerprint density at radius 1 is 1.06 bits per heavy atom. The first-order valence-electron chi connectivity index (χ1n) is 10.1. The molecule has 3 rings (SSSR count). The summed E-state index contributed by atoms with van der Waals surface area (Å²) < 4.78 is 75.8. The van der Waals surface area contributed by atoms with Crippen LogP contribution in [0.15, 0.2) is 63.2 Å². The zero-order valence-electron chi connectivity index (χ0n) is 18.0. The molecule has 32 heavy (non-hydrogen) atoms. The number of oxime groups is 1. The Hall–Kier alpha value is -2.81. The van der Waals surface area contributed by atoms with E-state index in [1.54, 1.807) is 25.2 Å². The van der Waals surface area contributed by atoms with Gasteiger partial charge in [-0.05, 0) is 50.3 Å². The van der Waals surface area contributed by atoms with Crippen molar-refractivity contribution in [3.63, 3.8) is 0 Å². The van der Waals surface area contributed by atoms with E-state index in [0.717, 1.165) is 11.1 Å². The lowest BCUT2D eigenvalue weighted by molar-refractivity contribution is -0.0597. The molecular weight excluding hydrogens is 443 g/mol. The molecule has 0 aliphatic heterocycles. The van der Waals surface area contributed by atoms with Gasteiger partial charge in [-0.2, -0.15) is 21.6 Å². The topological polar surface area (TPSA) is 68.9 Å². The predicted molar refractivity (Wildman–Crippen MR) is 118 cm³/mol. The Balaban J connectivity index is 2.25. The maximum Gasteiger partial charge on any atom is 0.437 e. The Bertz CT molecular complexity index is 1270. The van der Waals surface area contributed by atoms with Gasteiger partial charge in [0.25, 0.3) is 0 Å². The molecular formula is C23H24F3NO4S. The first-order chi connectivity index (χ1) is 15.0. The lowest BCUT2D eigenvalue weighted by atomic mass is 10.0. The minimum Gasteiger partial charge on any atom is -0.456 e. The molecule has 2 aliphatic rings. The van der Waals surface area contributed by atoms with E-state index in [0.29, 0.717) is 24.0 Å². The van der Waals surface area contributed by atoms with Crippen LogP contribution in [0.4, 0.5) is 13.2 Å². The van der Waals surface area contributed by atoms with Crippen molar-refractivity contribution < 1.29 is 30.3 Å². The molecule has 5 nitrogen and oxygen atoms in total. The van der Waals surface area contributed by atoms with Gasteiger partial charge in [0, 0.05) is 0 Å². The molecule has 9 heteroatoms. The summed E-state index contributed by atoms with van der Waals surface area (Å²) in [4.78, 5) is 0. The number of rotatable bonds is 5. The molecule has 0 unspecified atom stereocenters. The summed E-state index contributed by atoms with van der Waals surface area (Å²) in [6.45, 7) is 5.38. The number of hydrogen-bond acceptors (Lipinski definition) is 5. The Labute approximate surface area is 184 Å².